The van der Waals surface area contributed by atoms with E-state index in [-0.39, 0.29) is 18.4 Å². The number of nitrogens with one attached hydrogen (secondary N) is 2. The van der Waals surface area contributed by atoms with Gasteiger partial charge >= 0.3 is 0 Å². The quantitative estimate of drug-likeness (QED) is 0.876. The minimum atomic E-state index is -0.223. The highest BCUT2D eigenvalue weighted by molar-refractivity contribution is 9.10. The molecule has 2 amide bonds. The SMILES string of the molecule is O=C(CNC(=O)c1cccc(Br)c1)N[C@@H]1C[C@@H]2CC[C@H]1C2. The van der Waals surface area contributed by atoms with E-state index in [0.717, 1.165) is 16.8 Å². The molecule has 4 nitrogen and oxygen atoms in total. The Kier molecular flexibility index (Phi) is 4.29. The zero-order valence-corrected chi connectivity index (χ0v) is 13.4. The van der Waals surface area contributed by atoms with E-state index >= 15 is 0 Å². The van der Waals surface area contributed by atoms with E-state index in [0.29, 0.717) is 17.5 Å². The predicted molar refractivity (Wildman–Crippen MR) is 83.9 cm³/mol. The van der Waals surface area contributed by atoms with Gasteiger partial charge in [0.15, 0.2) is 0 Å². The number of hydrogen-bond acceptors (Lipinski definition) is 2. The van der Waals surface area contributed by atoms with Crippen LogP contribution in [0.15, 0.2) is 28.7 Å². The maximum Gasteiger partial charge on any atom is 0.251 e. The average molecular weight is 351 g/mol. The summed E-state index contributed by atoms with van der Waals surface area (Å²) in [5.41, 5.74) is 0.553. The Morgan fingerprint density at radius 1 is 1.24 bits per heavy atom. The van der Waals surface area contributed by atoms with Gasteiger partial charge in [-0.15, -0.1) is 0 Å². The summed E-state index contributed by atoms with van der Waals surface area (Å²) in [6.07, 6.45) is 4.92. The fraction of sp³-hybridized carbons (Fsp3) is 0.500. The molecule has 2 aliphatic carbocycles. The lowest BCUT2D eigenvalue weighted by molar-refractivity contribution is -0.121. The first kappa shape index (κ1) is 14.6. The predicted octanol–water partition coefficient (Wildman–Crippen LogP) is 2.48. The van der Waals surface area contributed by atoms with Gasteiger partial charge in [-0.2, -0.15) is 0 Å². The first-order chi connectivity index (χ1) is 10.1. The zero-order valence-electron chi connectivity index (χ0n) is 11.8. The summed E-state index contributed by atoms with van der Waals surface area (Å²) in [5, 5.41) is 5.74. The van der Waals surface area contributed by atoms with Crippen LogP contribution in [0.5, 0.6) is 0 Å². The molecule has 3 rings (SSSR count). The normalized spacial score (nSPS) is 26.6. The molecule has 2 saturated carbocycles. The van der Waals surface area contributed by atoms with Crippen molar-refractivity contribution in [2.45, 2.75) is 31.7 Å². The van der Waals surface area contributed by atoms with Crippen LogP contribution in [0.4, 0.5) is 0 Å². The van der Waals surface area contributed by atoms with Crippen LogP contribution in [0.1, 0.15) is 36.0 Å². The van der Waals surface area contributed by atoms with Gasteiger partial charge < -0.3 is 10.6 Å². The Bertz CT molecular complexity index is 561. The molecule has 0 heterocycles. The van der Waals surface area contributed by atoms with Gasteiger partial charge in [-0.05, 0) is 49.3 Å². The fourth-order valence-electron chi connectivity index (χ4n) is 3.57. The highest BCUT2D eigenvalue weighted by Crippen LogP contribution is 2.44. The third-order valence-electron chi connectivity index (χ3n) is 4.58. The highest BCUT2D eigenvalue weighted by atomic mass is 79.9. The van der Waals surface area contributed by atoms with Crippen molar-refractivity contribution >= 4 is 27.7 Å². The van der Waals surface area contributed by atoms with E-state index < -0.39 is 0 Å². The standard InChI is InChI=1S/C16H19BrN2O2/c17-13-3-1-2-12(8-13)16(21)18-9-15(20)19-14-7-10-4-5-11(14)6-10/h1-3,8,10-11,14H,4-7,9H2,(H,18,21)(H,19,20)/t10-,11+,14-/m1/s1. The van der Waals surface area contributed by atoms with Gasteiger partial charge in [-0.1, -0.05) is 28.4 Å². The van der Waals surface area contributed by atoms with Crippen molar-refractivity contribution in [3.63, 3.8) is 0 Å². The molecule has 2 aliphatic rings. The second-order valence-electron chi connectivity index (χ2n) is 6.04. The maximum absolute atomic E-state index is 12.0. The van der Waals surface area contributed by atoms with Crippen molar-refractivity contribution in [1.29, 1.82) is 0 Å². The molecule has 2 bridgehead atoms. The third kappa shape index (κ3) is 3.46. The van der Waals surface area contributed by atoms with Crippen LogP contribution < -0.4 is 10.6 Å². The van der Waals surface area contributed by atoms with Gasteiger partial charge in [0.05, 0.1) is 6.54 Å². The van der Waals surface area contributed by atoms with E-state index in [4.69, 9.17) is 0 Å². The van der Waals surface area contributed by atoms with Crippen molar-refractivity contribution in [2.75, 3.05) is 6.54 Å². The van der Waals surface area contributed by atoms with Crippen LogP contribution in [-0.4, -0.2) is 24.4 Å². The lowest BCUT2D eigenvalue weighted by Gasteiger charge is -2.22. The number of fused-ring (bicyclic) bond motifs is 2. The third-order valence-corrected chi connectivity index (χ3v) is 5.07. The molecule has 5 heteroatoms. The second kappa shape index (κ2) is 6.18. The lowest BCUT2D eigenvalue weighted by atomic mass is 9.95. The molecule has 0 unspecified atom stereocenters. The highest BCUT2D eigenvalue weighted by Gasteiger charge is 2.39. The summed E-state index contributed by atoms with van der Waals surface area (Å²) in [4.78, 5) is 23.9. The number of halogens is 1. The monoisotopic (exact) mass is 350 g/mol. The molecule has 2 N–H and O–H groups in total. The maximum atomic E-state index is 12.0. The molecule has 0 saturated heterocycles. The van der Waals surface area contributed by atoms with Crippen molar-refractivity contribution in [3.8, 4) is 0 Å². The molecule has 3 atom stereocenters. The van der Waals surface area contributed by atoms with Gasteiger partial charge in [0.25, 0.3) is 5.91 Å². The second-order valence-corrected chi connectivity index (χ2v) is 6.96. The van der Waals surface area contributed by atoms with Crippen LogP contribution >= 0.6 is 15.9 Å². The van der Waals surface area contributed by atoms with Gasteiger partial charge in [-0.3, -0.25) is 9.59 Å². The molecule has 0 aromatic heterocycles. The van der Waals surface area contributed by atoms with E-state index in [1.807, 2.05) is 6.07 Å². The molecule has 0 radical (unpaired) electrons. The molecular weight excluding hydrogens is 332 g/mol. The van der Waals surface area contributed by atoms with E-state index in [1.165, 1.54) is 19.3 Å². The number of benzene rings is 1. The van der Waals surface area contributed by atoms with E-state index in [1.54, 1.807) is 18.2 Å². The summed E-state index contributed by atoms with van der Waals surface area (Å²) in [6.45, 7) is 0.0409. The van der Waals surface area contributed by atoms with E-state index in [9.17, 15) is 9.59 Å². The number of carbonyl (C=O) groups excluding carboxylic acids is 2. The first-order valence-electron chi connectivity index (χ1n) is 7.45. The smallest absolute Gasteiger partial charge is 0.251 e. The molecule has 1 aromatic rings. The van der Waals surface area contributed by atoms with Crippen molar-refractivity contribution in [2.24, 2.45) is 11.8 Å². The number of hydrogen-bond donors (Lipinski definition) is 2. The van der Waals surface area contributed by atoms with E-state index in [2.05, 4.69) is 26.6 Å². The Hall–Kier alpha value is -1.36. The Morgan fingerprint density at radius 2 is 2.10 bits per heavy atom. The van der Waals surface area contributed by atoms with Gasteiger partial charge in [0, 0.05) is 16.1 Å². The van der Waals surface area contributed by atoms with Crippen LogP contribution in [0.25, 0.3) is 0 Å². The summed E-state index contributed by atoms with van der Waals surface area (Å²) in [6, 6.07) is 7.45. The topological polar surface area (TPSA) is 58.2 Å². The Labute approximate surface area is 132 Å². The molecule has 112 valence electrons. The fourth-order valence-corrected chi connectivity index (χ4v) is 3.97. The summed E-state index contributed by atoms with van der Waals surface area (Å²) in [5.74, 6) is 1.14. The Morgan fingerprint density at radius 3 is 2.76 bits per heavy atom. The average Bonchev–Trinajstić information content (AvgIpc) is 3.07. The largest absolute Gasteiger partial charge is 0.352 e. The van der Waals surface area contributed by atoms with Gasteiger partial charge in [0.2, 0.25) is 5.91 Å². The van der Waals surface area contributed by atoms with Crippen LogP contribution in [-0.2, 0) is 4.79 Å². The van der Waals surface area contributed by atoms with Crippen molar-refractivity contribution in [1.82, 2.24) is 10.6 Å². The number of rotatable bonds is 4. The van der Waals surface area contributed by atoms with Crippen LogP contribution in [0.2, 0.25) is 0 Å². The summed E-state index contributed by atoms with van der Waals surface area (Å²) in [7, 11) is 0. The van der Waals surface area contributed by atoms with Crippen LogP contribution in [0.3, 0.4) is 0 Å². The summed E-state index contributed by atoms with van der Waals surface area (Å²) < 4.78 is 0.849. The van der Waals surface area contributed by atoms with Gasteiger partial charge in [0.1, 0.15) is 0 Å². The molecule has 1 aromatic carbocycles. The first-order valence-corrected chi connectivity index (χ1v) is 8.24. The molecule has 0 spiro atoms. The minimum Gasteiger partial charge on any atom is -0.352 e. The number of amides is 2. The molecule has 0 aliphatic heterocycles. The lowest BCUT2D eigenvalue weighted by Crippen LogP contribution is -2.44. The molecule has 2 fully saturated rings. The van der Waals surface area contributed by atoms with Gasteiger partial charge in [-0.25, -0.2) is 0 Å². The zero-order chi connectivity index (χ0) is 14.8. The van der Waals surface area contributed by atoms with Crippen molar-refractivity contribution in [3.05, 3.63) is 34.3 Å². The van der Waals surface area contributed by atoms with Crippen molar-refractivity contribution < 1.29 is 9.59 Å². The number of carbonyl (C=O) groups is 2. The summed E-state index contributed by atoms with van der Waals surface area (Å²) >= 11 is 3.33. The minimum absolute atomic E-state index is 0.0409. The Balaban J connectivity index is 1.46. The molecular formula is C16H19BrN2O2. The molecule has 21 heavy (non-hydrogen) atoms. The van der Waals surface area contributed by atoms with Crippen LogP contribution in [0, 0.1) is 11.8 Å².